The van der Waals surface area contributed by atoms with Crippen molar-refractivity contribution in [2.24, 2.45) is 0 Å². The van der Waals surface area contributed by atoms with Crippen LogP contribution in [-0.2, 0) is 24.4 Å². The Kier molecular flexibility index (Phi) is 4.06. The Balaban J connectivity index is 1.42. The third-order valence-electron chi connectivity index (χ3n) is 4.79. The molecule has 0 unspecified atom stereocenters. The average molecular weight is 328 g/mol. The largest absolute Gasteiger partial charge is 0.334 e. The van der Waals surface area contributed by atoms with Crippen molar-refractivity contribution in [3.05, 3.63) is 53.9 Å². The molecule has 2 aromatic rings. The molecule has 0 spiro atoms. The number of rotatable bonds is 5. The zero-order valence-electron chi connectivity index (χ0n) is 13.6. The van der Waals surface area contributed by atoms with Gasteiger partial charge in [0.2, 0.25) is 5.91 Å². The van der Waals surface area contributed by atoms with Crippen LogP contribution in [0.25, 0.3) is 0 Å². The third kappa shape index (κ3) is 3.19. The summed E-state index contributed by atoms with van der Waals surface area (Å²) in [5.74, 6) is 0.845. The molecule has 1 amide bonds. The molecule has 24 heavy (non-hydrogen) atoms. The van der Waals surface area contributed by atoms with E-state index in [0.717, 1.165) is 31.8 Å². The van der Waals surface area contributed by atoms with Gasteiger partial charge in [-0.1, -0.05) is 18.2 Å². The minimum atomic E-state index is -0.240. The van der Waals surface area contributed by atoms with Crippen molar-refractivity contribution in [3.63, 3.8) is 0 Å². The molecule has 126 valence electrons. The zero-order valence-corrected chi connectivity index (χ0v) is 13.6. The number of amides is 1. The van der Waals surface area contributed by atoms with Gasteiger partial charge in [-0.2, -0.15) is 0 Å². The van der Waals surface area contributed by atoms with Crippen molar-refractivity contribution in [2.75, 3.05) is 13.1 Å². The maximum Gasteiger partial charge on any atom is 0.237 e. The van der Waals surface area contributed by atoms with Gasteiger partial charge in [-0.05, 0) is 18.9 Å². The summed E-state index contributed by atoms with van der Waals surface area (Å²) in [4.78, 5) is 21.1. The quantitative estimate of drug-likeness (QED) is 0.843. The van der Waals surface area contributed by atoms with Crippen molar-refractivity contribution >= 4 is 5.91 Å². The third-order valence-corrected chi connectivity index (χ3v) is 4.79. The SMILES string of the molecule is O=C(CN1CCn2ccnc2C1)N(Cc1ccccc1F)C1CC1. The van der Waals surface area contributed by atoms with Crippen LogP contribution in [-0.4, -0.2) is 44.4 Å². The van der Waals surface area contributed by atoms with Crippen molar-refractivity contribution in [2.45, 2.75) is 38.5 Å². The number of fused-ring (bicyclic) bond motifs is 1. The molecule has 1 aromatic carbocycles. The molecule has 0 atom stereocenters. The molecule has 0 radical (unpaired) electrons. The van der Waals surface area contributed by atoms with Gasteiger partial charge in [-0.25, -0.2) is 9.37 Å². The lowest BCUT2D eigenvalue weighted by molar-refractivity contribution is -0.134. The summed E-state index contributed by atoms with van der Waals surface area (Å²) in [6.07, 6.45) is 5.81. The van der Waals surface area contributed by atoms with Crippen molar-refractivity contribution in [1.82, 2.24) is 19.4 Å². The minimum Gasteiger partial charge on any atom is -0.334 e. The van der Waals surface area contributed by atoms with E-state index in [1.807, 2.05) is 17.2 Å². The summed E-state index contributed by atoms with van der Waals surface area (Å²) in [5, 5.41) is 0. The average Bonchev–Trinajstić information content (AvgIpc) is 3.31. The van der Waals surface area contributed by atoms with Crippen LogP contribution in [0, 0.1) is 5.82 Å². The first kappa shape index (κ1) is 15.3. The number of carbonyl (C=O) groups is 1. The first-order valence-corrected chi connectivity index (χ1v) is 8.46. The number of halogens is 1. The van der Waals surface area contributed by atoms with Crippen LogP contribution in [0.5, 0.6) is 0 Å². The van der Waals surface area contributed by atoms with Gasteiger partial charge in [-0.3, -0.25) is 9.69 Å². The number of hydrogen-bond donors (Lipinski definition) is 0. The summed E-state index contributed by atoms with van der Waals surface area (Å²) in [7, 11) is 0. The second-order valence-corrected chi connectivity index (χ2v) is 6.59. The Hall–Kier alpha value is -2.21. The number of imidazole rings is 1. The molecule has 0 bridgehead atoms. The molecule has 2 aliphatic rings. The summed E-state index contributed by atoms with van der Waals surface area (Å²) < 4.78 is 16.1. The van der Waals surface area contributed by atoms with Gasteiger partial charge >= 0.3 is 0 Å². The first-order valence-electron chi connectivity index (χ1n) is 8.46. The highest BCUT2D eigenvalue weighted by atomic mass is 19.1. The Morgan fingerprint density at radius 3 is 2.92 bits per heavy atom. The van der Waals surface area contributed by atoms with Crippen LogP contribution < -0.4 is 0 Å². The number of nitrogens with zero attached hydrogens (tertiary/aromatic N) is 4. The molecule has 6 heteroatoms. The molecule has 5 nitrogen and oxygen atoms in total. The zero-order chi connectivity index (χ0) is 16.5. The number of aromatic nitrogens is 2. The Labute approximate surface area is 140 Å². The Bertz CT molecular complexity index is 740. The summed E-state index contributed by atoms with van der Waals surface area (Å²) >= 11 is 0. The Morgan fingerprint density at radius 1 is 1.29 bits per heavy atom. The predicted molar refractivity (Wildman–Crippen MR) is 87.5 cm³/mol. The molecular weight excluding hydrogens is 307 g/mol. The summed E-state index contributed by atoms with van der Waals surface area (Å²) in [5.41, 5.74) is 0.590. The van der Waals surface area contributed by atoms with Crippen LogP contribution in [0.4, 0.5) is 4.39 Å². The van der Waals surface area contributed by atoms with Crippen molar-refractivity contribution in [1.29, 1.82) is 0 Å². The molecule has 4 rings (SSSR count). The van der Waals surface area contributed by atoms with Crippen molar-refractivity contribution < 1.29 is 9.18 Å². The second-order valence-electron chi connectivity index (χ2n) is 6.59. The highest BCUT2D eigenvalue weighted by Crippen LogP contribution is 2.29. The lowest BCUT2D eigenvalue weighted by Crippen LogP contribution is -2.44. The first-order chi connectivity index (χ1) is 11.7. The van der Waals surface area contributed by atoms with Crippen LogP contribution in [0.15, 0.2) is 36.7 Å². The van der Waals surface area contributed by atoms with E-state index >= 15 is 0 Å². The predicted octanol–water partition coefficient (Wildman–Crippen LogP) is 2.03. The summed E-state index contributed by atoms with van der Waals surface area (Å²) in [6.45, 7) is 3.13. The second kappa shape index (κ2) is 6.36. The fourth-order valence-electron chi connectivity index (χ4n) is 3.26. The van der Waals surface area contributed by atoms with Crippen LogP contribution in [0.2, 0.25) is 0 Å². The number of hydrogen-bond acceptors (Lipinski definition) is 3. The van der Waals surface area contributed by atoms with Gasteiger partial charge in [0.1, 0.15) is 11.6 Å². The normalized spacial score (nSPS) is 17.5. The molecule has 1 aromatic heterocycles. The van der Waals surface area contributed by atoms with E-state index in [0.29, 0.717) is 25.2 Å². The van der Waals surface area contributed by atoms with Gasteiger partial charge in [0, 0.05) is 43.6 Å². The van der Waals surface area contributed by atoms with E-state index < -0.39 is 0 Å². The monoisotopic (exact) mass is 328 g/mol. The molecule has 1 aliphatic heterocycles. The lowest BCUT2D eigenvalue weighted by atomic mass is 10.2. The van der Waals surface area contributed by atoms with Gasteiger partial charge in [0.15, 0.2) is 0 Å². The standard InChI is InChI=1S/C18H21FN4O/c19-16-4-2-1-3-14(16)11-23(15-5-6-15)18(24)13-21-9-10-22-8-7-20-17(22)12-21/h1-4,7-8,15H,5-6,9-13H2. The molecule has 2 heterocycles. The van der Waals surface area contributed by atoms with Gasteiger partial charge < -0.3 is 9.47 Å². The maximum absolute atomic E-state index is 13.9. The maximum atomic E-state index is 13.9. The highest BCUT2D eigenvalue weighted by Gasteiger charge is 2.34. The smallest absolute Gasteiger partial charge is 0.237 e. The summed E-state index contributed by atoms with van der Waals surface area (Å²) in [6, 6.07) is 6.98. The molecular formula is C18H21FN4O. The van der Waals surface area contributed by atoms with E-state index in [2.05, 4.69) is 14.5 Å². The Morgan fingerprint density at radius 2 is 2.12 bits per heavy atom. The molecule has 1 fully saturated rings. The highest BCUT2D eigenvalue weighted by molar-refractivity contribution is 5.79. The minimum absolute atomic E-state index is 0.0840. The van der Waals surface area contributed by atoms with Crippen molar-refractivity contribution in [3.8, 4) is 0 Å². The van der Waals surface area contributed by atoms with Crippen LogP contribution in [0.3, 0.4) is 0 Å². The molecule has 1 saturated carbocycles. The van der Waals surface area contributed by atoms with Crippen LogP contribution in [0.1, 0.15) is 24.2 Å². The number of benzene rings is 1. The van der Waals surface area contributed by atoms with E-state index in [1.54, 1.807) is 18.3 Å². The molecule has 1 aliphatic carbocycles. The van der Waals surface area contributed by atoms with E-state index in [1.165, 1.54) is 6.07 Å². The fraction of sp³-hybridized carbons (Fsp3) is 0.444. The number of carbonyl (C=O) groups excluding carboxylic acids is 1. The fourth-order valence-corrected chi connectivity index (χ4v) is 3.26. The van der Waals surface area contributed by atoms with Gasteiger partial charge in [0.05, 0.1) is 13.1 Å². The van der Waals surface area contributed by atoms with E-state index in [9.17, 15) is 9.18 Å². The van der Waals surface area contributed by atoms with E-state index in [4.69, 9.17) is 0 Å². The topological polar surface area (TPSA) is 41.4 Å². The van der Waals surface area contributed by atoms with E-state index in [-0.39, 0.29) is 17.8 Å². The molecule has 0 N–H and O–H groups in total. The molecule has 0 saturated heterocycles. The lowest BCUT2D eigenvalue weighted by Gasteiger charge is -2.30. The van der Waals surface area contributed by atoms with Gasteiger partial charge in [0.25, 0.3) is 0 Å². The van der Waals surface area contributed by atoms with Crippen LogP contribution >= 0.6 is 0 Å². The van der Waals surface area contributed by atoms with Gasteiger partial charge in [-0.15, -0.1) is 0 Å².